The number of nitrogens with one attached hydrogen (secondary N) is 1. The smallest absolute Gasteiger partial charge is 0.339 e. The third-order valence-corrected chi connectivity index (χ3v) is 4.25. The van der Waals surface area contributed by atoms with E-state index in [-0.39, 0.29) is 11.7 Å². The van der Waals surface area contributed by atoms with E-state index >= 15 is 0 Å². The molecule has 0 aliphatic carbocycles. The number of nitrogens with zero attached hydrogens (tertiary/aromatic N) is 1. The number of esters is 1. The van der Waals surface area contributed by atoms with Crippen molar-refractivity contribution in [1.82, 2.24) is 10.3 Å². The Hall–Kier alpha value is -3.41. The molecular formula is C23H24N2O4. The fraction of sp³-hybridized carbons (Fsp3) is 0.261. The molecule has 0 fully saturated rings. The molecule has 0 bridgehead atoms. The summed E-state index contributed by atoms with van der Waals surface area (Å²) in [5, 5.41) is 13.0. The molecule has 29 heavy (non-hydrogen) atoms. The number of phenols is 1. The van der Waals surface area contributed by atoms with E-state index in [0.29, 0.717) is 22.2 Å². The average Bonchev–Trinajstić information content (AvgIpc) is 2.66. The summed E-state index contributed by atoms with van der Waals surface area (Å²) in [6.07, 6.45) is -0.939. The molecule has 1 atom stereocenters. The van der Waals surface area contributed by atoms with Gasteiger partial charge >= 0.3 is 5.97 Å². The second-order valence-corrected chi connectivity index (χ2v) is 7.91. The highest BCUT2D eigenvalue weighted by atomic mass is 16.5. The maximum atomic E-state index is 12.9. The largest absolute Gasteiger partial charge is 0.508 e. The molecule has 0 aliphatic heterocycles. The molecule has 3 aromatic rings. The molecule has 1 aromatic heterocycles. The number of carbonyl (C=O) groups is 2. The zero-order valence-corrected chi connectivity index (χ0v) is 16.9. The first-order valence-electron chi connectivity index (χ1n) is 9.36. The van der Waals surface area contributed by atoms with Crippen molar-refractivity contribution in [3.05, 3.63) is 60.2 Å². The lowest BCUT2D eigenvalue weighted by Crippen LogP contribution is -2.46. The Kier molecular flexibility index (Phi) is 5.55. The summed E-state index contributed by atoms with van der Waals surface area (Å²) in [6.45, 7) is 7.13. The number of phenolic OH excluding ortho intramolecular Hbond substituents is 1. The molecule has 1 amide bonds. The number of hydrogen-bond donors (Lipinski definition) is 2. The van der Waals surface area contributed by atoms with Crippen LogP contribution in [0.5, 0.6) is 5.75 Å². The summed E-state index contributed by atoms with van der Waals surface area (Å²) in [5.41, 5.74) is 1.86. The van der Waals surface area contributed by atoms with Crippen LogP contribution in [0.1, 0.15) is 38.1 Å². The van der Waals surface area contributed by atoms with E-state index in [2.05, 4.69) is 10.3 Å². The summed E-state index contributed by atoms with van der Waals surface area (Å²) in [6, 6.07) is 15.5. The predicted octanol–water partition coefficient (Wildman–Crippen LogP) is 4.07. The van der Waals surface area contributed by atoms with E-state index in [4.69, 9.17) is 4.74 Å². The number of pyridine rings is 1. The van der Waals surface area contributed by atoms with Crippen molar-refractivity contribution < 1.29 is 19.4 Å². The number of amides is 1. The molecule has 0 aliphatic rings. The van der Waals surface area contributed by atoms with Crippen LogP contribution >= 0.6 is 0 Å². The molecular weight excluding hydrogens is 368 g/mol. The van der Waals surface area contributed by atoms with Gasteiger partial charge < -0.3 is 15.2 Å². The fourth-order valence-corrected chi connectivity index (χ4v) is 2.87. The van der Waals surface area contributed by atoms with E-state index in [9.17, 15) is 14.7 Å². The molecule has 6 nitrogen and oxygen atoms in total. The zero-order valence-electron chi connectivity index (χ0n) is 16.9. The highest BCUT2D eigenvalue weighted by molar-refractivity contribution is 6.05. The van der Waals surface area contributed by atoms with Crippen LogP contribution in [-0.4, -0.2) is 33.6 Å². The van der Waals surface area contributed by atoms with Crippen molar-refractivity contribution in [2.24, 2.45) is 0 Å². The number of rotatable bonds is 4. The van der Waals surface area contributed by atoms with Gasteiger partial charge in [-0.05, 0) is 64.1 Å². The van der Waals surface area contributed by atoms with Crippen LogP contribution in [0.4, 0.5) is 0 Å². The predicted molar refractivity (Wildman–Crippen MR) is 112 cm³/mol. The van der Waals surface area contributed by atoms with Crippen molar-refractivity contribution in [3.8, 4) is 17.0 Å². The van der Waals surface area contributed by atoms with Gasteiger partial charge in [0.15, 0.2) is 6.10 Å². The maximum absolute atomic E-state index is 12.9. The first-order valence-corrected chi connectivity index (χ1v) is 9.36. The molecule has 0 radical (unpaired) electrons. The van der Waals surface area contributed by atoms with E-state index in [1.807, 2.05) is 39.0 Å². The van der Waals surface area contributed by atoms with Gasteiger partial charge in [-0.3, -0.25) is 4.79 Å². The van der Waals surface area contributed by atoms with Crippen molar-refractivity contribution in [1.29, 1.82) is 0 Å². The van der Waals surface area contributed by atoms with Crippen LogP contribution in [0.15, 0.2) is 54.6 Å². The Morgan fingerprint density at radius 2 is 1.72 bits per heavy atom. The Labute approximate surface area is 169 Å². The van der Waals surface area contributed by atoms with E-state index in [1.165, 1.54) is 0 Å². The number of fused-ring (bicyclic) bond motifs is 1. The third-order valence-electron chi connectivity index (χ3n) is 4.25. The first-order chi connectivity index (χ1) is 13.6. The van der Waals surface area contributed by atoms with E-state index in [1.54, 1.807) is 43.3 Å². The Morgan fingerprint density at radius 3 is 2.38 bits per heavy atom. The molecule has 2 aromatic carbocycles. The van der Waals surface area contributed by atoms with E-state index < -0.39 is 17.6 Å². The van der Waals surface area contributed by atoms with Crippen molar-refractivity contribution in [2.45, 2.75) is 39.3 Å². The van der Waals surface area contributed by atoms with Gasteiger partial charge in [0.2, 0.25) is 0 Å². The summed E-state index contributed by atoms with van der Waals surface area (Å²) in [4.78, 5) is 29.8. The van der Waals surface area contributed by atoms with Gasteiger partial charge in [-0.15, -0.1) is 0 Å². The maximum Gasteiger partial charge on any atom is 0.339 e. The summed E-state index contributed by atoms with van der Waals surface area (Å²) < 4.78 is 5.44. The van der Waals surface area contributed by atoms with Gasteiger partial charge in [0.25, 0.3) is 5.91 Å². The molecule has 0 spiro atoms. The number of benzene rings is 2. The van der Waals surface area contributed by atoms with Crippen LogP contribution in [-0.2, 0) is 9.53 Å². The highest BCUT2D eigenvalue weighted by Gasteiger charge is 2.24. The van der Waals surface area contributed by atoms with Crippen molar-refractivity contribution in [3.63, 3.8) is 0 Å². The minimum absolute atomic E-state index is 0.146. The minimum Gasteiger partial charge on any atom is -0.508 e. The molecule has 0 saturated heterocycles. The Bertz CT molecular complexity index is 1050. The SMILES string of the molecule is C[C@@H](OC(=O)c1cc(-c2ccc(O)cc2)nc2ccccc12)C(=O)NC(C)(C)C. The van der Waals surface area contributed by atoms with Crippen LogP contribution in [0, 0.1) is 0 Å². The lowest BCUT2D eigenvalue weighted by molar-refractivity contribution is -0.130. The van der Waals surface area contributed by atoms with Crippen LogP contribution in [0.3, 0.4) is 0 Å². The molecule has 3 rings (SSSR count). The van der Waals surface area contributed by atoms with Crippen molar-refractivity contribution >= 4 is 22.8 Å². The molecule has 0 saturated carbocycles. The van der Waals surface area contributed by atoms with E-state index in [0.717, 1.165) is 5.56 Å². The monoisotopic (exact) mass is 392 g/mol. The number of carbonyl (C=O) groups excluding carboxylic acids is 2. The number of para-hydroxylation sites is 1. The summed E-state index contributed by atoms with van der Waals surface area (Å²) >= 11 is 0. The van der Waals surface area contributed by atoms with Gasteiger partial charge in [-0.1, -0.05) is 18.2 Å². The lowest BCUT2D eigenvalue weighted by Gasteiger charge is -2.23. The number of aromatic nitrogens is 1. The number of hydrogen-bond acceptors (Lipinski definition) is 5. The second kappa shape index (κ2) is 7.91. The number of aromatic hydroxyl groups is 1. The van der Waals surface area contributed by atoms with Gasteiger partial charge in [0.1, 0.15) is 5.75 Å². The number of ether oxygens (including phenoxy) is 1. The highest BCUT2D eigenvalue weighted by Crippen LogP contribution is 2.26. The summed E-state index contributed by atoms with van der Waals surface area (Å²) in [5.74, 6) is -0.809. The van der Waals surface area contributed by atoms with Gasteiger partial charge in [0, 0.05) is 16.5 Å². The van der Waals surface area contributed by atoms with Gasteiger partial charge in [-0.2, -0.15) is 0 Å². The minimum atomic E-state index is -0.939. The van der Waals surface area contributed by atoms with Gasteiger partial charge in [0.05, 0.1) is 16.8 Å². The second-order valence-electron chi connectivity index (χ2n) is 7.91. The van der Waals surface area contributed by atoms with Crippen molar-refractivity contribution in [2.75, 3.05) is 0 Å². The standard InChI is InChI=1S/C23H24N2O4/c1-14(21(27)25-23(2,3)4)29-22(28)18-13-20(15-9-11-16(26)12-10-15)24-19-8-6-5-7-17(18)19/h5-14,26H,1-4H3,(H,25,27)/t14-/m1/s1. The summed E-state index contributed by atoms with van der Waals surface area (Å²) in [7, 11) is 0. The van der Waals surface area contributed by atoms with Crippen LogP contribution < -0.4 is 5.32 Å². The third kappa shape index (κ3) is 4.90. The van der Waals surface area contributed by atoms with Crippen LogP contribution in [0.25, 0.3) is 22.2 Å². The normalized spacial score (nSPS) is 12.4. The molecule has 6 heteroatoms. The molecule has 2 N–H and O–H groups in total. The zero-order chi connectivity index (χ0) is 21.2. The van der Waals surface area contributed by atoms with Crippen LogP contribution in [0.2, 0.25) is 0 Å². The Morgan fingerprint density at radius 1 is 1.07 bits per heavy atom. The fourth-order valence-electron chi connectivity index (χ4n) is 2.87. The topological polar surface area (TPSA) is 88.5 Å². The average molecular weight is 392 g/mol. The molecule has 150 valence electrons. The molecule has 1 heterocycles. The first kappa shape index (κ1) is 20.3. The quantitative estimate of drug-likeness (QED) is 0.654. The Balaban J connectivity index is 1.96. The van der Waals surface area contributed by atoms with Gasteiger partial charge in [-0.25, -0.2) is 9.78 Å². The lowest BCUT2D eigenvalue weighted by atomic mass is 10.0. The molecule has 0 unspecified atom stereocenters.